The van der Waals surface area contributed by atoms with Crippen molar-refractivity contribution in [2.24, 2.45) is 0 Å². The monoisotopic (exact) mass is 422 g/mol. The Morgan fingerprint density at radius 3 is 1.90 bits per heavy atom. The number of para-hydroxylation sites is 1. The molecule has 1 N–H and O–H groups in total. The summed E-state index contributed by atoms with van der Waals surface area (Å²) in [5.74, 6) is -0.0660. The highest BCUT2D eigenvalue weighted by Gasteiger charge is 2.37. The average Bonchev–Trinajstić information content (AvgIpc) is 2.78. The van der Waals surface area contributed by atoms with Crippen molar-refractivity contribution >= 4 is 24.0 Å². The predicted molar refractivity (Wildman–Crippen MR) is 128 cm³/mol. The quantitative estimate of drug-likeness (QED) is 0.437. The van der Waals surface area contributed by atoms with Crippen LogP contribution in [0.15, 0.2) is 78.9 Å². The molecule has 0 aliphatic carbocycles. The van der Waals surface area contributed by atoms with Crippen molar-refractivity contribution in [3.05, 3.63) is 90.0 Å². The molecule has 2 unspecified atom stereocenters. The van der Waals surface area contributed by atoms with E-state index in [0.717, 1.165) is 16.9 Å². The molecule has 0 bridgehead atoms. The Bertz CT molecular complexity index is 984. The van der Waals surface area contributed by atoms with Crippen LogP contribution in [0.5, 0.6) is 0 Å². The summed E-state index contributed by atoms with van der Waals surface area (Å²) in [5.41, 5.74) is 4.14. The van der Waals surface area contributed by atoms with Gasteiger partial charge in [0.15, 0.2) is 0 Å². The van der Waals surface area contributed by atoms with E-state index in [4.69, 9.17) is 4.52 Å². The normalized spacial score (nSPS) is 14.2. The third-order valence-electron chi connectivity index (χ3n) is 5.33. The van der Waals surface area contributed by atoms with E-state index in [1.54, 1.807) is 0 Å². The number of anilines is 2. The number of nitrogens with one attached hydrogen (secondary N) is 1. The summed E-state index contributed by atoms with van der Waals surface area (Å²) in [4.78, 5) is 2.02. The molecule has 0 saturated carbocycles. The van der Waals surface area contributed by atoms with Gasteiger partial charge in [-0.15, -0.1) is 0 Å². The fourth-order valence-electron chi connectivity index (χ4n) is 3.44. The highest BCUT2D eigenvalue weighted by atomic mass is 31.2. The standard InChI is InChI=1S/C25H31N2O2P/c1-19(2)20-11-13-21(14-12-20)25(26-22-9-7-6-8-10-22)30(28,29-5)24-17-15-23(16-18-24)27(3)4/h6-19,25-26H,1-5H3. The molecule has 3 aromatic rings. The van der Waals surface area contributed by atoms with Gasteiger partial charge in [0.2, 0.25) is 0 Å². The molecule has 0 saturated heterocycles. The van der Waals surface area contributed by atoms with Gasteiger partial charge in [0.1, 0.15) is 5.78 Å². The number of benzene rings is 3. The third-order valence-corrected chi connectivity index (χ3v) is 8.00. The van der Waals surface area contributed by atoms with Gasteiger partial charge < -0.3 is 14.7 Å². The SMILES string of the molecule is COP(=O)(c1ccc(N(C)C)cc1)C(Nc1ccccc1)c1ccc(C(C)C)cc1. The molecule has 3 aromatic carbocycles. The van der Waals surface area contributed by atoms with E-state index in [0.29, 0.717) is 11.2 Å². The van der Waals surface area contributed by atoms with E-state index in [1.165, 1.54) is 12.7 Å². The molecular weight excluding hydrogens is 391 g/mol. The predicted octanol–water partition coefficient (Wildman–Crippen LogP) is 6.24. The number of nitrogens with zero attached hydrogens (tertiary/aromatic N) is 1. The van der Waals surface area contributed by atoms with Crippen LogP contribution in [0.4, 0.5) is 11.4 Å². The first-order chi connectivity index (χ1) is 14.3. The second kappa shape index (κ2) is 9.51. The fraction of sp³-hybridized carbons (Fsp3) is 0.280. The molecule has 0 heterocycles. The van der Waals surface area contributed by atoms with Crippen LogP contribution in [0.3, 0.4) is 0 Å². The number of hydrogen-bond donors (Lipinski definition) is 1. The molecule has 0 aliphatic heterocycles. The van der Waals surface area contributed by atoms with Gasteiger partial charge in [-0.05, 0) is 53.4 Å². The Balaban J connectivity index is 2.07. The minimum atomic E-state index is -3.27. The lowest BCUT2D eigenvalue weighted by Crippen LogP contribution is -2.20. The first-order valence-corrected chi connectivity index (χ1v) is 11.9. The Hall–Kier alpha value is -2.55. The van der Waals surface area contributed by atoms with Gasteiger partial charge in [0, 0.05) is 37.9 Å². The molecule has 2 atom stereocenters. The van der Waals surface area contributed by atoms with Gasteiger partial charge in [0.25, 0.3) is 7.37 Å². The summed E-state index contributed by atoms with van der Waals surface area (Å²) < 4.78 is 20.1. The lowest BCUT2D eigenvalue weighted by Gasteiger charge is -2.29. The lowest BCUT2D eigenvalue weighted by molar-refractivity contribution is 0.396. The maximum absolute atomic E-state index is 14.3. The van der Waals surface area contributed by atoms with Crippen LogP contribution >= 0.6 is 7.37 Å². The van der Waals surface area contributed by atoms with Crippen LogP contribution in [0.2, 0.25) is 0 Å². The molecular formula is C25H31N2O2P. The van der Waals surface area contributed by atoms with Gasteiger partial charge in [-0.25, -0.2) is 0 Å². The maximum atomic E-state index is 14.3. The number of hydrogen-bond acceptors (Lipinski definition) is 4. The van der Waals surface area contributed by atoms with E-state index in [9.17, 15) is 4.57 Å². The molecule has 0 radical (unpaired) electrons. The fourth-order valence-corrected chi connectivity index (χ4v) is 5.61. The second-order valence-electron chi connectivity index (χ2n) is 7.92. The van der Waals surface area contributed by atoms with E-state index in [1.807, 2.05) is 73.6 Å². The van der Waals surface area contributed by atoms with Gasteiger partial charge >= 0.3 is 0 Å². The molecule has 30 heavy (non-hydrogen) atoms. The topological polar surface area (TPSA) is 41.6 Å². The van der Waals surface area contributed by atoms with Crippen molar-refractivity contribution in [1.82, 2.24) is 0 Å². The van der Waals surface area contributed by atoms with Crippen molar-refractivity contribution in [2.75, 3.05) is 31.4 Å². The van der Waals surface area contributed by atoms with Crippen molar-refractivity contribution in [1.29, 1.82) is 0 Å². The molecule has 5 heteroatoms. The number of rotatable bonds is 8. The van der Waals surface area contributed by atoms with Crippen molar-refractivity contribution in [3.8, 4) is 0 Å². The summed E-state index contributed by atoms with van der Waals surface area (Å²) >= 11 is 0. The van der Waals surface area contributed by atoms with Gasteiger partial charge in [0.05, 0.1) is 0 Å². The summed E-state index contributed by atoms with van der Waals surface area (Å²) in [6.45, 7) is 4.34. The van der Waals surface area contributed by atoms with E-state index >= 15 is 0 Å². The first kappa shape index (κ1) is 22.1. The Kier molecular flexibility index (Phi) is 7.02. The molecule has 0 aliphatic rings. The van der Waals surface area contributed by atoms with Crippen LogP contribution in [0, 0.1) is 0 Å². The summed E-state index contributed by atoms with van der Waals surface area (Å²) in [6, 6.07) is 25.9. The van der Waals surface area contributed by atoms with Gasteiger partial charge in [-0.3, -0.25) is 4.57 Å². The molecule has 4 nitrogen and oxygen atoms in total. The second-order valence-corrected chi connectivity index (χ2v) is 10.5. The molecule has 0 amide bonds. The minimum Gasteiger partial charge on any atom is -0.378 e. The van der Waals surface area contributed by atoms with Crippen molar-refractivity contribution < 1.29 is 9.09 Å². The smallest absolute Gasteiger partial charge is 0.257 e. The largest absolute Gasteiger partial charge is 0.378 e. The summed E-state index contributed by atoms with van der Waals surface area (Å²) in [6.07, 6.45) is 0. The summed E-state index contributed by atoms with van der Waals surface area (Å²) in [7, 11) is 2.24. The van der Waals surface area contributed by atoms with E-state index in [2.05, 4.69) is 43.4 Å². The Morgan fingerprint density at radius 2 is 1.40 bits per heavy atom. The zero-order chi connectivity index (χ0) is 21.7. The highest BCUT2D eigenvalue weighted by Crippen LogP contribution is 2.58. The van der Waals surface area contributed by atoms with Gasteiger partial charge in [-0.1, -0.05) is 56.3 Å². The third kappa shape index (κ3) is 4.77. The molecule has 0 fully saturated rings. The molecule has 3 rings (SSSR count). The van der Waals surface area contributed by atoms with Crippen LogP contribution in [0.1, 0.15) is 36.7 Å². The van der Waals surface area contributed by atoms with E-state index < -0.39 is 13.2 Å². The Morgan fingerprint density at radius 1 is 0.833 bits per heavy atom. The van der Waals surface area contributed by atoms with Crippen LogP contribution in [-0.2, 0) is 9.09 Å². The summed E-state index contributed by atoms with van der Waals surface area (Å²) in [5, 5.41) is 4.16. The van der Waals surface area contributed by atoms with Crippen LogP contribution in [-0.4, -0.2) is 21.2 Å². The zero-order valence-corrected chi connectivity index (χ0v) is 19.3. The first-order valence-electron chi connectivity index (χ1n) is 10.2. The average molecular weight is 423 g/mol. The minimum absolute atomic E-state index is 0.437. The molecule has 0 spiro atoms. The van der Waals surface area contributed by atoms with Gasteiger partial charge in [-0.2, -0.15) is 0 Å². The highest BCUT2D eigenvalue weighted by molar-refractivity contribution is 7.67. The maximum Gasteiger partial charge on any atom is 0.257 e. The van der Waals surface area contributed by atoms with E-state index in [-0.39, 0.29) is 0 Å². The lowest BCUT2D eigenvalue weighted by atomic mass is 10.0. The van der Waals surface area contributed by atoms with Crippen LogP contribution in [0.25, 0.3) is 0 Å². The van der Waals surface area contributed by atoms with Crippen LogP contribution < -0.4 is 15.5 Å². The van der Waals surface area contributed by atoms with Crippen molar-refractivity contribution in [3.63, 3.8) is 0 Å². The molecule has 0 aromatic heterocycles. The zero-order valence-electron chi connectivity index (χ0n) is 18.4. The van der Waals surface area contributed by atoms with Crippen molar-refractivity contribution in [2.45, 2.75) is 25.5 Å². The Labute approximate surface area is 180 Å². The molecule has 158 valence electrons.